The summed E-state index contributed by atoms with van der Waals surface area (Å²) in [6.45, 7) is 1.56. The third-order valence-electron chi connectivity index (χ3n) is 6.42. The number of fused-ring (bicyclic) bond motifs is 1. The Bertz CT molecular complexity index is 2220. The van der Waals surface area contributed by atoms with Crippen molar-refractivity contribution in [2.45, 2.75) is 23.1 Å². The number of carbonyl (C=O) groups excluding carboxylic acids is 3. The minimum Gasteiger partial charge on any atom is -0.545 e. The normalized spacial score (nSPS) is 11.2. The van der Waals surface area contributed by atoms with Gasteiger partial charge in [-0.25, -0.2) is 16.8 Å². The Morgan fingerprint density at radius 3 is 2.00 bits per heavy atom. The molecule has 0 saturated heterocycles. The molecule has 15 nitrogen and oxygen atoms in total. The molecule has 4 rings (SSSR count). The maximum absolute atomic E-state index is 13.4. The third kappa shape index (κ3) is 9.55. The topological polar surface area (TPSA) is 258 Å². The van der Waals surface area contributed by atoms with Crippen LogP contribution in [0.15, 0.2) is 80.7 Å². The van der Waals surface area contributed by atoms with E-state index in [0.29, 0.717) is 18.2 Å². The van der Waals surface area contributed by atoms with Gasteiger partial charge in [0, 0.05) is 23.4 Å². The Kier molecular flexibility index (Phi) is 14.6. The number of carbonyl (C=O) groups is 3. The molecule has 0 spiro atoms. The quantitative estimate of drug-likeness (QED) is 0.0805. The van der Waals surface area contributed by atoms with Crippen LogP contribution in [0.3, 0.4) is 0 Å². The zero-order valence-electron chi connectivity index (χ0n) is 25.8. The van der Waals surface area contributed by atoms with Crippen molar-refractivity contribution in [2.24, 2.45) is 10.2 Å². The molecule has 236 valence electrons. The summed E-state index contributed by atoms with van der Waals surface area (Å²) in [6, 6.07) is 12.5. The first kappa shape index (κ1) is 41.6. The zero-order chi connectivity index (χ0) is 34.0. The van der Waals surface area contributed by atoms with E-state index in [4.69, 9.17) is 0 Å². The largest absolute Gasteiger partial charge is 1.00 e. The van der Waals surface area contributed by atoms with E-state index < -0.39 is 59.5 Å². The van der Waals surface area contributed by atoms with Gasteiger partial charge in [0.25, 0.3) is 10.0 Å². The van der Waals surface area contributed by atoms with Gasteiger partial charge in [-0.1, -0.05) is 19.1 Å². The number of hydrogen-bond acceptors (Lipinski definition) is 13. The summed E-state index contributed by atoms with van der Waals surface area (Å²) in [5.41, 5.74) is -2.24. The van der Waals surface area contributed by atoms with Gasteiger partial charge in [-0.3, -0.25) is 9.52 Å². The average Bonchev–Trinajstić information content (AvgIpc) is 3.00. The summed E-state index contributed by atoms with van der Waals surface area (Å²) < 4.78 is 52.9. The summed E-state index contributed by atoms with van der Waals surface area (Å²) in [5.74, 6) is -4.67. The molecule has 0 radical (unpaired) electrons. The fourth-order valence-electron chi connectivity index (χ4n) is 4.17. The second-order valence-electron chi connectivity index (χ2n) is 9.61. The van der Waals surface area contributed by atoms with E-state index in [9.17, 15) is 51.8 Å². The fourth-order valence-corrected chi connectivity index (χ4v) is 5.96. The molecule has 0 bridgehead atoms. The van der Waals surface area contributed by atoms with Crippen molar-refractivity contribution in [3.05, 3.63) is 77.4 Å². The van der Waals surface area contributed by atoms with Crippen LogP contribution in [0.1, 0.15) is 39.6 Å². The minimum absolute atomic E-state index is 0. The van der Waals surface area contributed by atoms with Gasteiger partial charge in [-0.05, 0) is 59.7 Å². The van der Waals surface area contributed by atoms with Gasteiger partial charge in [-0.2, -0.15) is 5.26 Å². The molecule has 0 atom stereocenters. The van der Waals surface area contributed by atoms with Crippen molar-refractivity contribution >= 4 is 71.2 Å². The molecule has 0 heterocycles. The molecule has 4 aromatic rings. The minimum atomic E-state index is -4.73. The second kappa shape index (κ2) is 16.9. The zero-order valence-corrected chi connectivity index (χ0v) is 33.6. The molecule has 48 heavy (non-hydrogen) atoms. The van der Waals surface area contributed by atoms with E-state index in [1.54, 1.807) is 6.92 Å². The number of nitrogens with one attached hydrogen (secondary N) is 2. The number of phenolic OH excluding ortho intramolecular Hbond substituents is 1. The van der Waals surface area contributed by atoms with Crippen LogP contribution in [-0.2, 0) is 24.7 Å². The number of sulfonamides is 1. The molecular formula is C29H21K2N5O10S2. The van der Waals surface area contributed by atoms with E-state index in [2.05, 4.69) is 20.3 Å². The predicted molar refractivity (Wildman–Crippen MR) is 159 cm³/mol. The van der Waals surface area contributed by atoms with Crippen LogP contribution in [0, 0.1) is 11.3 Å². The number of anilines is 2. The molecule has 0 aliphatic carbocycles. The number of aromatic hydroxyl groups is 1. The smallest absolute Gasteiger partial charge is 0.545 e. The number of aromatic carboxylic acids is 2. The van der Waals surface area contributed by atoms with Gasteiger partial charge in [-0.15, -0.1) is 10.2 Å². The summed E-state index contributed by atoms with van der Waals surface area (Å²) in [6.07, 6.45) is 0.987. The van der Waals surface area contributed by atoms with Crippen molar-refractivity contribution in [3.63, 3.8) is 0 Å². The number of amides is 1. The number of benzene rings is 4. The maximum atomic E-state index is 13.4. The van der Waals surface area contributed by atoms with Gasteiger partial charge in [0.1, 0.15) is 17.5 Å². The van der Waals surface area contributed by atoms with Gasteiger partial charge in [0.05, 0.1) is 44.4 Å². The van der Waals surface area contributed by atoms with Crippen LogP contribution in [0.25, 0.3) is 10.8 Å². The number of rotatable bonds is 10. The monoisotopic (exact) mass is 741 g/mol. The summed E-state index contributed by atoms with van der Waals surface area (Å²) in [4.78, 5) is 34.1. The first-order valence-electron chi connectivity index (χ1n) is 12.9. The van der Waals surface area contributed by atoms with Crippen molar-refractivity contribution < 1.29 is 149 Å². The summed E-state index contributed by atoms with van der Waals surface area (Å²) >= 11 is 0. The Labute approximate surface area is 359 Å². The maximum Gasteiger partial charge on any atom is 1.00 e. The van der Waals surface area contributed by atoms with Gasteiger partial charge in [0.15, 0.2) is 9.84 Å². The number of sulfone groups is 1. The van der Waals surface area contributed by atoms with Crippen LogP contribution < -0.4 is 123 Å². The van der Waals surface area contributed by atoms with Crippen LogP contribution in [-0.4, -0.2) is 46.0 Å². The number of nitriles is 1. The number of hydrogen-bond donors (Lipinski definition) is 3. The van der Waals surface area contributed by atoms with Crippen molar-refractivity contribution in [1.82, 2.24) is 0 Å². The number of azo groups is 1. The molecule has 1 amide bonds. The third-order valence-corrected chi connectivity index (χ3v) is 8.88. The van der Waals surface area contributed by atoms with E-state index >= 15 is 0 Å². The standard InChI is InChI=1S/C29H23N5O10S2.2K/c1-3-25(35)31-24-13-23(33-32-21-8-7-18(45(2,41)42)12-17(21)14-30)26-20(27(24)36)5-4-6-22(26)34-46(43,44)19-10-15(28(37)38)9-16(11-19)29(39)40;;/h4-13,34,36H,3H2,1-2H3,(H,31,35)(H,37,38)(H,39,40);;/q;2*+1/p-2. The molecule has 3 N–H and O–H groups in total. The van der Waals surface area contributed by atoms with E-state index in [1.807, 2.05) is 6.07 Å². The van der Waals surface area contributed by atoms with Crippen LogP contribution in [0.4, 0.5) is 22.7 Å². The number of nitrogens with zero attached hydrogens (tertiary/aromatic N) is 3. The van der Waals surface area contributed by atoms with Crippen molar-refractivity contribution in [1.29, 1.82) is 5.26 Å². The second-order valence-corrected chi connectivity index (χ2v) is 13.3. The van der Waals surface area contributed by atoms with E-state index in [-0.39, 0.29) is 153 Å². The first-order valence-corrected chi connectivity index (χ1v) is 16.3. The SMILES string of the molecule is CCC(=O)Nc1cc(N=Nc2ccc(S(C)(=O)=O)cc2C#N)c2c(NS(=O)(=O)c3cc(C(=O)[O-])cc(C(=O)[O-])c3)cccc2c1O.[K+].[K+]. The van der Waals surface area contributed by atoms with Gasteiger partial charge in [0.2, 0.25) is 5.91 Å². The predicted octanol–water partition coefficient (Wildman–Crippen LogP) is -3.88. The molecule has 0 aliphatic heterocycles. The Morgan fingerprint density at radius 1 is 0.854 bits per heavy atom. The van der Waals surface area contributed by atoms with Crippen LogP contribution in [0.2, 0.25) is 0 Å². The van der Waals surface area contributed by atoms with Crippen molar-refractivity contribution in [3.8, 4) is 11.8 Å². The molecule has 0 aliphatic rings. The Hall–Kier alpha value is -2.59. The molecular weight excluding hydrogens is 721 g/mol. The van der Waals surface area contributed by atoms with E-state index in [1.165, 1.54) is 36.4 Å². The van der Waals surface area contributed by atoms with E-state index in [0.717, 1.165) is 12.3 Å². The van der Waals surface area contributed by atoms with Crippen LogP contribution >= 0.6 is 0 Å². The number of carboxylic acid groups (broad SMARTS) is 2. The van der Waals surface area contributed by atoms with Gasteiger partial charge < -0.3 is 30.2 Å². The molecule has 4 aromatic carbocycles. The first-order chi connectivity index (χ1) is 21.5. The Balaban J connectivity index is 0.00000400. The molecule has 0 fully saturated rings. The summed E-state index contributed by atoms with van der Waals surface area (Å²) in [5, 5.41) is 54.0. The summed E-state index contributed by atoms with van der Waals surface area (Å²) in [7, 11) is -8.39. The average molecular weight is 742 g/mol. The Morgan fingerprint density at radius 2 is 1.46 bits per heavy atom. The fraction of sp³-hybridized carbons (Fsp3) is 0.103. The van der Waals surface area contributed by atoms with Gasteiger partial charge >= 0.3 is 103 Å². The number of phenols is 1. The number of carboxylic acids is 2. The van der Waals surface area contributed by atoms with Crippen molar-refractivity contribution in [2.75, 3.05) is 16.3 Å². The molecule has 0 aromatic heterocycles. The molecule has 0 saturated carbocycles. The molecule has 0 unspecified atom stereocenters. The molecule has 19 heteroatoms. The van der Waals surface area contributed by atoms with Crippen LogP contribution in [0.5, 0.6) is 5.75 Å².